The summed E-state index contributed by atoms with van der Waals surface area (Å²) in [6.45, 7) is 0.736. The summed E-state index contributed by atoms with van der Waals surface area (Å²) >= 11 is 5.83. The number of aromatic nitrogens is 3. The molecule has 2 aromatic heterocycles. The summed E-state index contributed by atoms with van der Waals surface area (Å²) in [4.78, 5) is 13.3. The highest BCUT2D eigenvalue weighted by Gasteiger charge is 2.19. The van der Waals surface area contributed by atoms with E-state index in [0.29, 0.717) is 16.8 Å². The first kappa shape index (κ1) is 12.5. The zero-order valence-electron chi connectivity index (χ0n) is 10.5. The predicted molar refractivity (Wildman–Crippen MR) is 74.8 cm³/mol. The van der Waals surface area contributed by atoms with Crippen molar-refractivity contribution in [2.45, 2.75) is 19.3 Å². The van der Waals surface area contributed by atoms with E-state index in [1.54, 1.807) is 12.3 Å². The largest absolute Gasteiger partial charge is 0.330 e. The van der Waals surface area contributed by atoms with Gasteiger partial charge in [-0.15, -0.1) is 0 Å². The maximum atomic E-state index is 5.83. The summed E-state index contributed by atoms with van der Waals surface area (Å²) in [5.74, 6) is 1.23. The second kappa shape index (κ2) is 5.23. The molecule has 0 bridgehead atoms. The molecule has 1 atom stereocenters. The van der Waals surface area contributed by atoms with E-state index in [1.165, 1.54) is 5.56 Å². The Balaban J connectivity index is 1.92. The zero-order chi connectivity index (χ0) is 13.2. The van der Waals surface area contributed by atoms with Crippen molar-refractivity contribution >= 4 is 11.6 Å². The third kappa shape index (κ3) is 2.60. The highest BCUT2D eigenvalue weighted by atomic mass is 35.5. The maximum Gasteiger partial charge on any atom is 0.178 e. The number of hydrogen-bond donors (Lipinski definition) is 1. The third-order valence-corrected chi connectivity index (χ3v) is 3.77. The van der Waals surface area contributed by atoms with Crippen molar-refractivity contribution in [2.75, 3.05) is 6.54 Å². The van der Waals surface area contributed by atoms with Crippen LogP contribution in [0.1, 0.15) is 17.7 Å². The van der Waals surface area contributed by atoms with E-state index in [9.17, 15) is 0 Å². The molecule has 0 spiro atoms. The van der Waals surface area contributed by atoms with Crippen molar-refractivity contribution in [3.05, 3.63) is 40.8 Å². The van der Waals surface area contributed by atoms with Crippen molar-refractivity contribution in [1.29, 1.82) is 0 Å². The van der Waals surface area contributed by atoms with Crippen molar-refractivity contribution < 1.29 is 0 Å². The average Bonchev–Trinajstić information content (AvgIpc) is 2.47. The van der Waals surface area contributed by atoms with Crippen LogP contribution in [0.3, 0.4) is 0 Å². The van der Waals surface area contributed by atoms with Gasteiger partial charge < -0.3 is 5.73 Å². The van der Waals surface area contributed by atoms with Gasteiger partial charge in [0.1, 0.15) is 5.69 Å². The number of aryl methyl sites for hydroxylation is 1. The molecule has 0 saturated carbocycles. The van der Waals surface area contributed by atoms with Gasteiger partial charge in [-0.1, -0.05) is 11.6 Å². The minimum Gasteiger partial charge on any atom is -0.330 e. The van der Waals surface area contributed by atoms with Gasteiger partial charge in [0.2, 0.25) is 0 Å². The Labute approximate surface area is 117 Å². The lowest BCUT2D eigenvalue weighted by Gasteiger charge is -2.22. The molecule has 5 heteroatoms. The van der Waals surface area contributed by atoms with E-state index in [2.05, 4.69) is 15.0 Å². The first-order chi connectivity index (χ1) is 9.26. The zero-order valence-corrected chi connectivity index (χ0v) is 11.3. The molecular formula is C14H15ClN4. The lowest BCUT2D eigenvalue weighted by Crippen LogP contribution is -2.23. The van der Waals surface area contributed by atoms with Crippen molar-refractivity contribution in [3.8, 4) is 11.5 Å². The van der Waals surface area contributed by atoms with Gasteiger partial charge in [0.15, 0.2) is 5.82 Å². The molecule has 2 heterocycles. The molecule has 1 aliphatic rings. The summed E-state index contributed by atoms with van der Waals surface area (Å²) in [7, 11) is 0. The van der Waals surface area contributed by atoms with Gasteiger partial charge in [0, 0.05) is 18.1 Å². The summed E-state index contributed by atoms with van der Waals surface area (Å²) in [5, 5.41) is 0.618. The number of rotatable bonds is 2. The highest BCUT2D eigenvalue weighted by Crippen LogP contribution is 2.25. The molecule has 0 amide bonds. The van der Waals surface area contributed by atoms with Gasteiger partial charge in [-0.3, -0.25) is 4.98 Å². The average molecular weight is 275 g/mol. The summed E-state index contributed by atoms with van der Waals surface area (Å²) < 4.78 is 0. The van der Waals surface area contributed by atoms with Gasteiger partial charge >= 0.3 is 0 Å². The fourth-order valence-corrected chi connectivity index (χ4v) is 2.53. The molecule has 2 aromatic rings. The van der Waals surface area contributed by atoms with Crippen molar-refractivity contribution in [2.24, 2.45) is 11.7 Å². The summed E-state index contributed by atoms with van der Waals surface area (Å²) in [5.41, 5.74) is 8.84. The van der Waals surface area contributed by atoms with E-state index in [1.807, 2.05) is 12.3 Å². The van der Waals surface area contributed by atoms with Crippen LogP contribution in [-0.4, -0.2) is 21.5 Å². The number of hydrogen-bond acceptors (Lipinski definition) is 4. The molecule has 0 fully saturated rings. The Morgan fingerprint density at radius 1 is 1.26 bits per heavy atom. The first-order valence-electron chi connectivity index (χ1n) is 6.43. The molecule has 0 radical (unpaired) electrons. The second-order valence-corrected chi connectivity index (χ2v) is 5.31. The Bertz CT molecular complexity index is 582. The highest BCUT2D eigenvalue weighted by molar-refractivity contribution is 6.30. The molecule has 98 valence electrons. The fourth-order valence-electron chi connectivity index (χ4n) is 2.42. The SMILES string of the molecule is NCC1CCc2nc(-c3ccc(Cl)cn3)ncc2C1. The second-order valence-electron chi connectivity index (χ2n) is 4.87. The van der Waals surface area contributed by atoms with Gasteiger partial charge in [-0.2, -0.15) is 0 Å². The normalized spacial score (nSPS) is 18.1. The van der Waals surface area contributed by atoms with Crippen LogP contribution in [0, 0.1) is 5.92 Å². The molecule has 1 unspecified atom stereocenters. The molecule has 0 aromatic carbocycles. The van der Waals surface area contributed by atoms with Crippen LogP contribution >= 0.6 is 11.6 Å². The smallest absolute Gasteiger partial charge is 0.178 e. The van der Waals surface area contributed by atoms with E-state index in [4.69, 9.17) is 17.3 Å². The molecule has 4 nitrogen and oxygen atoms in total. The summed E-state index contributed by atoms with van der Waals surface area (Å²) in [6.07, 6.45) is 6.59. The maximum absolute atomic E-state index is 5.83. The predicted octanol–water partition coefficient (Wildman–Crippen LogP) is 2.26. The van der Waals surface area contributed by atoms with Gasteiger partial charge in [0.05, 0.1) is 5.02 Å². The van der Waals surface area contributed by atoms with E-state index >= 15 is 0 Å². The van der Waals surface area contributed by atoms with Crippen LogP contribution in [0.4, 0.5) is 0 Å². The number of nitrogens with two attached hydrogens (primary N) is 1. The monoisotopic (exact) mass is 274 g/mol. The molecular weight excluding hydrogens is 260 g/mol. The lowest BCUT2D eigenvalue weighted by atomic mass is 9.87. The fraction of sp³-hybridized carbons (Fsp3) is 0.357. The topological polar surface area (TPSA) is 64.7 Å². The van der Waals surface area contributed by atoms with Crippen molar-refractivity contribution in [3.63, 3.8) is 0 Å². The molecule has 19 heavy (non-hydrogen) atoms. The van der Waals surface area contributed by atoms with Crippen LogP contribution in [-0.2, 0) is 12.8 Å². The Morgan fingerprint density at radius 2 is 2.16 bits per heavy atom. The number of fused-ring (bicyclic) bond motifs is 1. The molecule has 1 aliphatic carbocycles. The Morgan fingerprint density at radius 3 is 2.89 bits per heavy atom. The van der Waals surface area contributed by atoms with Gasteiger partial charge in [0.25, 0.3) is 0 Å². The van der Waals surface area contributed by atoms with Crippen LogP contribution in [0.2, 0.25) is 5.02 Å². The minimum absolute atomic E-state index is 0.565. The Kier molecular flexibility index (Phi) is 3.44. The van der Waals surface area contributed by atoms with Crippen LogP contribution in [0.15, 0.2) is 24.5 Å². The van der Waals surface area contributed by atoms with E-state index in [0.717, 1.165) is 37.2 Å². The Hall–Kier alpha value is -1.52. The molecule has 0 saturated heterocycles. The number of halogens is 1. The number of pyridine rings is 1. The quantitative estimate of drug-likeness (QED) is 0.912. The van der Waals surface area contributed by atoms with Crippen LogP contribution < -0.4 is 5.73 Å². The van der Waals surface area contributed by atoms with Gasteiger partial charge in [-0.25, -0.2) is 9.97 Å². The lowest BCUT2D eigenvalue weighted by molar-refractivity contribution is 0.462. The van der Waals surface area contributed by atoms with E-state index in [-0.39, 0.29) is 0 Å². The molecule has 0 aliphatic heterocycles. The molecule has 2 N–H and O–H groups in total. The standard InChI is InChI=1S/C14H15ClN4/c15-11-2-4-13(17-8-11)14-18-7-10-5-9(6-16)1-3-12(10)19-14/h2,4,7-9H,1,3,5-6,16H2. The van der Waals surface area contributed by atoms with E-state index < -0.39 is 0 Å². The summed E-state index contributed by atoms with van der Waals surface area (Å²) in [6, 6.07) is 3.65. The molecule has 3 rings (SSSR count). The van der Waals surface area contributed by atoms with Crippen LogP contribution in [0.25, 0.3) is 11.5 Å². The first-order valence-corrected chi connectivity index (χ1v) is 6.81. The van der Waals surface area contributed by atoms with Crippen molar-refractivity contribution in [1.82, 2.24) is 15.0 Å². The van der Waals surface area contributed by atoms with Gasteiger partial charge in [-0.05, 0) is 49.4 Å². The van der Waals surface area contributed by atoms with Crippen LogP contribution in [0.5, 0.6) is 0 Å². The number of nitrogens with zero attached hydrogens (tertiary/aromatic N) is 3. The third-order valence-electron chi connectivity index (χ3n) is 3.54. The minimum atomic E-state index is 0.565.